The van der Waals surface area contributed by atoms with Gasteiger partial charge in [0.15, 0.2) is 0 Å². The fourth-order valence-electron chi connectivity index (χ4n) is 2.62. The Balaban J connectivity index is 2.13. The molecule has 4 nitrogen and oxygen atoms in total. The minimum Gasteiger partial charge on any atom is -0.481 e. The summed E-state index contributed by atoms with van der Waals surface area (Å²) < 4.78 is 13.2. The first kappa shape index (κ1) is 13.5. The van der Waals surface area contributed by atoms with E-state index in [0.717, 1.165) is 0 Å². The van der Waals surface area contributed by atoms with Gasteiger partial charge in [-0.1, -0.05) is 13.8 Å². The number of benzene rings is 1. The van der Waals surface area contributed by atoms with E-state index in [2.05, 4.69) is 5.32 Å². The number of carboxylic acid groups (broad SMARTS) is 1. The van der Waals surface area contributed by atoms with Gasteiger partial charge in [0, 0.05) is 5.69 Å². The molecule has 1 aliphatic rings. The summed E-state index contributed by atoms with van der Waals surface area (Å²) in [6.07, 6.45) is 0. The van der Waals surface area contributed by atoms with E-state index >= 15 is 0 Å². The monoisotopic (exact) mass is 265 g/mol. The second-order valence-corrected chi connectivity index (χ2v) is 5.62. The van der Waals surface area contributed by atoms with Crippen LogP contribution in [0.2, 0.25) is 0 Å². The van der Waals surface area contributed by atoms with Gasteiger partial charge < -0.3 is 10.4 Å². The Hall–Kier alpha value is -1.91. The summed E-state index contributed by atoms with van der Waals surface area (Å²) in [5.74, 6) is -3.03. The number of hydrogen-bond donors (Lipinski definition) is 2. The van der Waals surface area contributed by atoms with E-state index in [1.807, 2.05) is 0 Å². The van der Waals surface area contributed by atoms with E-state index < -0.39 is 29.0 Å². The van der Waals surface area contributed by atoms with Crippen LogP contribution in [0.15, 0.2) is 18.2 Å². The highest BCUT2D eigenvalue weighted by Crippen LogP contribution is 2.58. The van der Waals surface area contributed by atoms with E-state index in [1.165, 1.54) is 12.1 Å². The predicted octanol–water partition coefficient (Wildman–Crippen LogP) is 2.43. The molecule has 102 valence electrons. The van der Waals surface area contributed by atoms with Crippen LogP contribution in [0.5, 0.6) is 0 Å². The number of carboxylic acids is 1. The number of amides is 1. The normalized spacial score (nSPS) is 23.8. The van der Waals surface area contributed by atoms with E-state index in [9.17, 15) is 14.0 Å². The molecular weight excluding hydrogens is 249 g/mol. The van der Waals surface area contributed by atoms with Crippen molar-refractivity contribution in [2.45, 2.75) is 20.8 Å². The fraction of sp³-hybridized carbons (Fsp3) is 0.429. The minimum absolute atomic E-state index is 0.356. The van der Waals surface area contributed by atoms with Crippen LogP contribution in [0.25, 0.3) is 0 Å². The zero-order valence-corrected chi connectivity index (χ0v) is 11.0. The lowest BCUT2D eigenvalue weighted by atomic mass is 10.1. The molecule has 1 amide bonds. The first-order chi connectivity index (χ1) is 8.73. The molecule has 2 N–H and O–H groups in total. The maximum atomic E-state index is 13.2. The third-order valence-electron chi connectivity index (χ3n) is 3.69. The van der Waals surface area contributed by atoms with Crippen LogP contribution >= 0.6 is 0 Å². The van der Waals surface area contributed by atoms with Gasteiger partial charge in [0.05, 0.1) is 11.8 Å². The summed E-state index contributed by atoms with van der Waals surface area (Å²) >= 11 is 0. The van der Waals surface area contributed by atoms with Gasteiger partial charge in [-0.25, -0.2) is 4.39 Å². The van der Waals surface area contributed by atoms with Gasteiger partial charge in [-0.05, 0) is 36.1 Å². The molecule has 0 spiro atoms. The Labute approximate surface area is 110 Å². The van der Waals surface area contributed by atoms with Crippen LogP contribution in [-0.2, 0) is 9.59 Å². The van der Waals surface area contributed by atoms with Crippen LogP contribution < -0.4 is 5.32 Å². The molecule has 19 heavy (non-hydrogen) atoms. The van der Waals surface area contributed by atoms with E-state index in [4.69, 9.17) is 5.11 Å². The maximum Gasteiger partial charge on any atom is 0.307 e. The fourth-order valence-corrected chi connectivity index (χ4v) is 2.62. The van der Waals surface area contributed by atoms with Crippen molar-refractivity contribution in [1.82, 2.24) is 0 Å². The first-order valence-electron chi connectivity index (χ1n) is 6.04. The van der Waals surface area contributed by atoms with E-state index in [1.54, 1.807) is 26.8 Å². The van der Waals surface area contributed by atoms with Gasteiger partial charge in [0.1, 0.15) is 5.82 Å². The molecule has 1 aromatic carbocycles. The van der Waals surface area contributed by atoms with Crippen molar-refractivity contribution in [3.05, 3.63) is 29.6 Å². The van der Waals surface area contributed by atoms with Gasteiger partial charge >= 0.3 is 5.97 Å². The van der Waals surface area contributed by atoms with Crippen molar-refractivity contribution >= 4 is 17.6 Å². The van der Waals surface area contributed by atoms with Crippen LogP contribution in [0.3, 0.4) is 0 Å². The smallest absolute Gasteiger partial charge is 0.307 e. The van der Waals surface area contributed by atoms with Crippen molar-refractivity contribution in [2.24, 2.45) is 17.3 Å². The quantitative estimate of drug-likeness (QED) is 0.882. The number of carbonyl (C=O) groups is 2. The molecule has 5 heteroatoms. The number of carbonyl (C=O) groups excluding carboxylic acids is 1. The van der Waals surface area contributed by atoms with Crippen LogP contribution in [0.1, 0.15) is 19.4 Å². The third kappa shape index (κ3) is 2.45. The summed E-state index contributed by atoms with van der Waals surface area (Å²) in [6.45, 7) is 5.21. The predicted molar refractivity (Wildman–Crippen MR) is 68.2 cm³/mol. The number of aryl methyl sites for hydroxylation is 1. The zero-order valence-electron chi connectivity index (χ0n) is 11.0. The molecule has 0 bridgehead atoms. The SMILES string of the molecule is Cc1cc(F)cc(NC(=O)[C@@H]2[C@H](C(=O)O)C2(C)C)c1. The van der Waals surface area contributed by atoms with Gasteiger partial charge in [-0.15, -0.1) is 0 Å². The van der Waals surface area contributed by atoms with Crippen molar-refractivity contribution in [1.29, 1.82) is 0 Å². The van der Waals surface area contributed by atoms with Gasteiger partial charge in [0.2, 0.25) is 5.91 Å². The molecule has 1 aromatic rings. The Bertz CT molecular complexity index is 533. The third-order valence-corrected chi connectivity index (χ3v) is 3.69. The van der Waals surface area contributed by atoms with E-state index in [-0.39, 0.29) is 5.91 Å². The number of aliphatic carboxylic acids is 1. The molecule has 1 aliphatic carbocycles. The molecule has 2 rings (SSSR count). The average molecular weight is 265 g/mol. The van der Waals surface area contributed by atoms with Crippen LogP contribution in [0.4, 0.5) is 10.1 Å². The number of rotatable bonds is 3. The second kappa shape index (κ2) is 4.33. The number of nitrogens with one attached hydrogen (secondary N) is 1. The summed E-state index contributed by atoms with van der Waals surface area (Å²) in [5.41, 5.74) is 0.493. The zero-order chi connectivity index (χ0) is 14.4. The second-order valence-electron chi connectivity index (χ2n) is 5.62. The van der Waals surface area contributed by atoms with Crippen LogP contribution in [0, 0.1) is 30.0 Å². The summed E-state index contributed by atoms with van der Waals surface area (Å²) in [4.78, 5) is 23.0. The molecule has 1 saturated carbocycles. The van der Waals surface area contributed by atoms with Crippen molar-refractivity contribution < 1.29 is 19.1 Å². The standard InChI is InChI=1S/C14H16FNO3/c1-7-4-8(15)6-9(5-7)16-12(17)10-11(13(18)19)14(10,2)3/h4-6,10-11H,1-3H3,(H,16,17)(H,18,19)/t10-,11+/m0/s1. The Kier molecular flexibility index (Phi) is 3.08. The Morgan fingerprint density at radius 2 is 1.89 bits per heavy atom. The summed E-state index contributed by atoms with van der Waals surface area (Å²) in [6, 6.07) is 4.22. The van der Waals surface area contributed by atoms with Crippen LogP contribution in [-0.4, -0.2) is 17.0 Å². The Morgan fingerprint density at radius 3 is 2.37 bits per heavy atom. The molecule has 1 fully saturated rings. The van der Waals surface area contributed by atoms with Gasteiger partial charge in [-0.3, -0.25) is 9.59 Å². The molecular formula is C14H16FNO3. The lowest BCUT2D eigenvalue weighted by molar-refractivity contribution is -0.140. The molecule has 0 unspecified atom stereocenters. The largest absolute Gasteiger partial charge is 0.481 e. The molecule has 0 radical (unpaired) electrons. The van der Waals surface area contributed by atoms with E-state index in [0.29, 0.717) is 11.3 Å². The van der Waals surface area contributed by atoms with Gasteiger partial charge in [0.25, 0.3) is 0 Å². The number of halogens is 1. The first-order valence-corrected chi connectivity index (χ1v) is 6.04. The molecule has 0 aromatic heterocycles. The minimum atomic E-state index is -0.972. The van der Waals surface area contributed by atoms with Crippen molar-refractivity contribution in [2.75, 3.05) is 5.32 Å². The summed E-state index contributed by atoms with van der Waals surface area (Å²) in [5, 5.41) is 11.6. The molecule has 0 aliphatic heterocycles. The molecule has 0 saturated heterocycles. The molecule has 2 atom stereocenters. The highest BCUT2D eigenvalue weighted by Gasteiger charge is 2.65. The molecule has 0 heterocycles. The highest BCUT2D eigenvalue weighted by atomic mass is 19.1. The lowest BCUT2D eigenvalue weighted by Crippen LogP contribution is -2.17. The topological polar surface area (TPSA) is 66.4 Å². The van der Waals surface area contributed by atoms with Gasteiger partial charge in [-0.2, -0.15) is 0 Å². The highest BCUT2D eigenvalue weighted by molar-refractivity contribution is 5.99. The lowest BCUT2D eigenvalue weighted by Gasteiger charge is -2.07. The van der Waals surface area contributed by atoms with Crippen molar-refractivity contribution in [3.8, 4) is 0 Å². The maximum absolute atomic E-state index is 13.2. The number of anilines is 1. The average Bonchev–Trinajstić information content (AvgIpc) is 2.80. The summed E-state index contributed by atoms with van der Waals surface area (Å²) in [7, 11) is 0. The number of hydrogen-bond acceptors (Lipinski definition) is 2. The Morgan fingerprint density at radius 1 is 1.26 bits per heavy atom. The van der Waals surface area contributed by atoms with Crippen molar-refractivity contribution in [3.63, 3.8) is 0 Å².